The molecule has 1 aliphatic heterocycles. The number of hydrogen-bond donors (Lipinski definition) is 3. The number of urea groups is 1. The Morgan fingerprint density at radius 2 is 1.92 bits per heavy atom. The fourth-order valence-electron chi connectivity index (χ4n) is 2.86. The molecule has 1 aromatic rings. The van der Waals surface area contributed by atoms with Gasteiger partial charge >= 0.3 is 6.03 Å². The fraction of sp³-hybridized carbons (Fsp3) is 0.611. The predicted molar refractivity (Wildman–Crippen MR) is 96.3 cm³/mol. The topological polar surface area (TPSA) is 86.4 Å². The molecule has 2 aliphatic rings. The van der Waals surface area contributed by atoms with Crippen LogP contribution in [0.4, 0.5) is 10.6 Å². The van der Waals surface area contributed by atoms with E-state index in [2.05, 4.69) is 32.8 Å². The van der Waals surface area contributed by atoms with Crippen LogP contribution in [0.2, 0.25) is 0 Å². The van der Waals surface area contributed by atoms with Gasteiger partial charge in [0, 0.05) is 31.9 Å². The van der Waals surface area contributed by atoms with Gasteiger partial charge in [-0.05, 0) is 43.2 Å². The van der Waals surface area contributed by atoms with Gasteiger partial charge in [-0.25, -0.2) is 9.78 Å². The lowest BCUT2D eigenvalue weighted by Gasteiger charge is -2.31. The van der Waals surface area contributed by atoms with E-state index < -0.39 is 0 Å². The van der Waals surface area contributed by atoms with E-state index in [1.165, 1.54) is 12.8 Å². The van der Waals surface area contributed by atoms with Crippen LogP contribution in [-0.2, 0) is 11.3 Å². The molecule has 3 rings (SSSR count). The van der Waals surface area contributed by atoms with Gasteiger partial charge in [-0.15, -0.1) is 0 Å². The second kappa shape index (κ2) is 8.18. The molecule has 0 radical (unpaired) electrons. The summed E-state index contributed by atoms with van der Waals surface area (Å²) in [7, 11) is 0. The lowest BCUT2D eigenvalue weighted by atomic mass is 9.99. The van der Waals surface area contributed by atoms with Crippen LogP contribution in [-0.4, -0.2) is 42.6 Å². The van der Waals surface area contributed by atoms with E-state index in [4.69, 9.17) is 0 Å². The van der Waals surface area contributed by atoms with Crippen molar-refractivity contribution in [3.8, 4) is 0 Å². The molecule has 7 heteroatoms. The quantitative estimate of drug-likeness (QED) is 0.727. The van der Waals surface area contributed by atoms with Crippen LogP contribution in [0.3, 0.4) is 0 Å². The third kappa shape index (κ3) is 5.62. The van der Waals surface area contributed by atoms with Gasteiger partial charge in [0.05, 0.1) is 6.54 Å². The first-order valence-corrected chi connectivity index (χ1v) is 9.11. The summed E-state index contributed by atoms with van der Waals surface area (Å²) in [5.74, 6) is 1.65. The third-order valence-electron chi connectivity index (χ3n) is 4.72. The van der Waals surface area contributed by atoms with E-state index in [0.717, 1.165) is 43.2 Å². The molecular formula is C18H27N5O2. The molecule has 1 saturated carbocycles. The summed E-state index contributed by atoms with van der Waals surface area (Å²) in [4.78, 5) is 30.1. The van der Waals surface area contributed by atoms with Crippen LogP contribution in [0.15, 0.2) is 18.3 Å². The predicted octanol–water partition coefficient (Wildman–Crippen LogP) is 1.40. The number of amides is 3. The van der Waals surface area contributed by atoms with Crippen molar-refractivity contribution in [3.05, 3.63) is 23.9 Å². The minimum atomic E-state index is -0.347. The van der Waals surface area contributed by atoms with Gasteiger partial charge in [-0.3, -0.25) is 4.79 Å². The summed E-state index contributed by atoms with van der Waals surface area (Å²) < 4.78 is 0. The van der Waals surface area contributed by atoms with Crippen LogP contribution in [0, 0.1) is 5.92 Å². The normalized spacial score (nSPS) is 17.9. The summed E-state index contributed by atoms with van der Waals surface area (Å²) in [6.45, 7) is 4.79. The van der Waals surface area contributed by atoms with Gasteiger partial charge in [-0.2, -0.15) is 0 Å². The van der Waals surface area contributed by atoms with Gasteiger partial charge in [0.2, 0.25) is 5.91 Å². The third-order valence-corrected chi connectivity index (χ3v) is 4.72. The van der Waals surface area contributed by atoms with Crippen molar-refractivity contribution >= 4 is 17.8 Å². The number of hydrogen-bond acceptors (Lipinski definition) is 4. The molecule has 136 valence electrons. The molecule has 7 nitrogen and oxygen atoms in total. The Morgan fingerprint density at radius 1 is 1.16 bits per heavy atom. The zero-order chi connectivity index (χ0) is 17.6. The highest BCUT2D eigenvalue weighted by Crippen LogP contribution is 2.21. The molecule has 25 heavy (non-hydrogen) atoms. The number of carbonyl (C=O) groups is 2. The lowest BCUT2D eigenvalue weighted by Crippen LogP contribution is -2.42. The van der Waals surface area contributed by atoms with Gasteiger partial charge in [0.25, 0.3) is 0 Å². The monoisotopic (exact) mass is 345 g/mol. The first kappa shape index (κ1) is 17.5. The lowest BCUT2D eigenvalue weighted by molar-refractivity contribution is -0.120. The summed E-state index contributed by atoms with van der Waals surface area (Å²) in [6.07, 6.45) is 6.29. The second-order valence-electron chi connectivity index (χ2n) is 7.07. The van der Waals surface area contributed by atoms with Gasteiger partial charge < -0.3 is 20.9 Å². The second-order valence-corrected chi connectivity index (χ2v) is 7.07. The van der Waals surface area contributed by atoms with Crippen molar-refractivity contribution in [1.82, 2.24) is 20.9 Å². The molecule has 0 unspecified atom stereocenters. The van der Waals surface area contributed by atoms with E-state index in [0.29, 0.717) is 12.6 Å². The molecule has 0 bridgehead atoms. The van der Waals surface area contributed by atoms with Crippen LogP contribution in [0.1, 0.15) is 38.2 Å². The Labute approximate surface area is 148 Å². The highest BCUT2D eigenvalue weighted by molar-refractivity contribution is 5.84. The summed E-state index contributed by atoms with van der Waals surface area (Å²) in [5.41, 5.74) is 0.937. The number of aromatic nitrogens is 1. The molecule has 0 aromatic carbocycles. The van der Waals surface area contributed by atoms with E-state index in [1.54, 1.807) is 6.20 Å². The van der Waals surface area contributed by atoms with Crippen LogP contribution >= 0.6 is 0 Å². The largest absolute Gasteiger partial charge is 0.357 e. The van der Waals surface area contributed by atoms with Crippen LogP contribution in [0.25, 0.3) is 0 Å². The highest BCUT2D eigenvalue weighted by atomic mass is 16.2. The Bertz CT molecular complexity index is 592. The minimum Gasteiger partial charge on any atom is -0.357 e. The van der Waals surface area contributed by atoms with Crippen molar-refractivity contribution in [2.24, 2.45) is 5.92 Å². The van der Waals surface area contributed by atoms with Crippen molar-refractivity contribution in [3.63, 3.8) is 0 Å². The van der Waals surface area contributed by atoms with E-state index in [9.17, 15) is 9.59 Å². The molecule has 0 atom stereocenters. The molecule has 0 spiro atoms. The van der Waals surface area contributed by atoms with Crippen molar-refractivity contribution in [2.75, 3.05) is 24.5 Å². The molecule has 1 aromatic heterocycles. The maximum Gasteiger partial charge on any atom is 0.315 e. The maximum atomic E-state index is 11.7. The van der Waals surface area contributed by atoms with E-state index in [1.807, 2.05) is 12.1 Å². The number of piperidine rings is 1. The maximum absolute atomic E-state index is 11.7. The number of nitrogens with one attached hydrogen (secondary N) is 3. The first-order chi connectivity index (χ1) is 12.1. The van der Waals surface area contributed by atoms with Crippen LogP contribution in [0.5, 0.6) is 0 Å². The first-order valence-electron chi connectivity index (χ1n) is 9.11. The van der Waals surface area contributed by atoms with Gasteiger partial charge in [-0.1, -0.05) is 13.0 Å². The molecule has 1 saturated heterocycles. The van der Waals surface area contributed by atoms with Crippen molar-refractivity contribution < 1.29 is 9.59 Å². The summed E-state index contributed by atoms with van der Waals surface area (Å²) in [6, 6.07) is 3.96. The molecule has 2 heterocycles. The highest BCUT2D eigenvalue weighted by Gasteiger charge is 2.23. The number of pyridine rings is 1. The average Bonchev–Trinajstić information content (AvgIpc) is 3.43. The van der Waals surface area contributed by atoms with Crippen LogP contribution < -0.4 is 20.9 Å². The molecule has 3 N–H and O–H groups in total. The zero-order valence-corrected chi connectivity index (χ0v) is 14.8. The SMILES string of the molecule is CC1CCN(c2ccc(CNC(=O)NCC(=O)NC3CC3)cn2)CC1. The van der Waals surface area contributed by atoms with Crippen molar-refractivity contribution in [1.29, 1.82) is 0 Å². The number of anilines is 1. The molecular weight excluding hydrogens is 318 g/mol. The Kier molecular flexibility index (Phi) is 5.73. The minimum absolute atomic E-state index is 0.00685. The Hall–Kier alpha value is -2.31. The summed E-state index contributed by atoms with van der Waals surface area (Å²) >= 11 is 0. The number of rotatable bonds is 6. The van der Waals surface area contributed by atoms with Crippen molar-refractivity contribution in [2.45, 2.75) is 45.2 Å². The van der Waals surface area contributed by atoms with Gasteiger partial charge in [0.1, 0.15) is 5.82 Å². The number of carbonyl (C=O) groups excluding carboxylic acids is 2. The van der Waals surface area contributed by atoms with E-state index >= 15 is 0 Å². The fourth-order valence-corrected chi connectivity index (χ4v) is 2.86. The van der Waals surface area contributed by atoms with Gasteiger partial charge in [0.15, 0.2) is 0 Å². The Balaban J connectivity index is 1.37. The molecule has 1 aliphatic carbocycles. The molecule has 3 amide bonds. The molecule has 2 fully saturated rings. The Morgan fingerprint density at radius 3 is 2.56 bits per heavy atom. The average molecular weight is 345 g/mol. The van der Waals surface area contributed by atoms with E-state index in [-0.39, 0.29) is 18.5 Å². The number of nitrogens with zero attached hydrogens (tertiary/aromatic N) is 2. The zero-order valence-electron chi connectivity index (χ0n) is 14.8. The standard InChI is InChI=1S/C18H27N5O2/c1-13-6-8-23(9-7-13)16-5-2-14(10-19-16)11-20-18(25)21-12-17(24)22-15-3-4-15/h2,5,10,13,15H,3-4,6-9,11-12H2,1H3,(H,22,24)(H2,20,21,25). The summed E-state index contributed by atoms with van der Waals surface area (Å²) in [5, 5.41) is 8.13. The smallest absolute Gasteiger partial charge is 0.315 e.